The predicted octanol–water partition coefficient (Wildman–Crippen LogP) is 1.05. The van der Waals surface area contributed by atoms with Gasteiger partial charge in [0.2, 0.25) is 0 Å². The Kier molecular flexibility index (Phi) is 2.41. The maximum atomic E-state index is 13.6. The van der Waals surface area contributed by atoms with Crippen molar-refractivity contribution in [1.29, 1.82) is 0 Å². The summed E-state index contributed by atoms with van der Waals surface area (Å²) in [5, 5.41) is 16.4. The van der Waals surface area contributed by atoms with Crippen molar-refractivity contribution in [1.82, 2.24) is 25.0 Å². The SMILES string of the molecule is O=C(O)c1ncc(-n2nnc3cccnc32)cc1F. The molecule has 0 aliphatic carbocycles. The summed E-state index contributed by atoms with van der Waals surface area (Å²) in [6.45, 7) is 0. The topological polar surface area (TPSA) is 93.8 Å². The van der Waals surface area contributed by atoms with Gasteiger partial charge in [-0.25, -0.2) is 19.2 Å². The number of aromatic carboxylic acids is 1. The molecule has 3 rings (SSSR count). The lowest BCUT2D eigenvalue weighted by molar-refractivity contribution is 0.0685. The quantitative estimate of drug-likeness (QED) is 0.739. The van der Waals surface area contributed by atoms with Crippen LogP contribution in [0.1, 0.15) is 10.5 Å². The summed E-state index contributed by atoms with van der Waals surface area (Å²) in [6.07, 6.45) is 2.76. The van der Waals surface area contributed by atoms with Gasteiger partial charge < -0.3 is 5.11 Å². The third kappa shape index (κ3) is 1.79. The van der Waals surface area contributed by atoms with Crippen LogP contribution in [0.25, 0.3) is 16.9 Å². The number of pyridine rings is 2. The number of hydrogen-bond acceptors (Lipinski definition) is 5. The van der Waals surface area contributed by atoms with Crippen molar-refractivity contribution < 1.29 is 14.3 Å². The van der Waals surface area contributed by atoms with Gasteiger partial charge in [-0.15, -0.1) is 5.10 Å². The van der Waals surface area contributed by atoms with Crippen LogP contribution in [0.4, 0.5) is 4.39 Å². The average molecular weight is 259 g/mol. The van der Waals surface area contributed by atoms with Crippen LogP contribution in [0, 0.1) is 5.82 Å². The highest BCUT2D eigenvalue weighted by Gasteiger charge is 2.15. The lowest BCUT2D eigenvalue weighted by atomic mass is 10.3. The minimum absolute atomic E-state index is 0.253. The summed E-state index contributed by atoms with van der Waals surface area (Å²) in [7, 11) is 0. The Labute approximate surface area is 105 Å². The van der Waals surface area contributed by atoms with Crippen LogP contribution in [0.5, 0.6) is 0 Å². The monoisotopic (exact) mass is 259 g/mol. The van der Waals surface area contributed by atoms with Gasteiger partial charge in [0.1, 0.15) is 5.52 Å². The largest absolute Gasteiger partial charge is 0.476 e. The first-order chi connectivity index (χ1) is 9.16. The summed E-state index contributed by atoms with van der Waals surface area (Å²) in [6, 6.07) is 4.44. The van der Waals surface area contributed by atoms with Crippen LogP contribution in [-0.2, 0) is 0 Å². The van der Waals surface area contributed by atoms with E-state index in [0.717, 1.165) is 6.07 Å². The zero-order chi connectivity index (χ0) is 13.4. The molecule has 3 aromatic heterocycles. The fraction of sp³-hybridized carbons (Fsp3) is 0. The van der Waals surface area contributed by atoms with E-state index >= 15 is 0 Å². The molecular formula is C11H6FN5O2. The van der Waals surface area contributed by atoms with Gasteiger partial charge in [0.15, 0.2) is 17.2 Å². The molecule has 3 aromatic rings. The van der Waals surface area contributed by atoms with Crippen molar-refractivity contribution in [2.24, 2.45) is 0 Å². The number of carboxylic acids is 1. The van der Waals surface area contributed by atoms with E-state index in [1.807, 2.05) is 0 Å². The molecule has 3 heterocycles. The van der Waals surface area contributed by atoms with E-state index in [-0.39, 0.29) is 5.69 Å². The van der Waals surface area contributed by atoms with Gasteiger partial charge in [-0.2, -0.15) is 4.68 Å². The molecule has 0 atom stereocenters. The molecule has 7 nitrogen and oxygen atoms in total. The highest BCUT2D eigenvalue weighted by molar-refractivity contribution is 5.85. The molecule has 0 spiro atoms. The molecule has 0 aliphatic rings. The number of carbonyl (C=O) groups is 1. The Balaban J connectivity index is 2.17. The molecule has 0 aromatic carbocycles. The first-order valence-corrected chi connectivity index (χ1v) is 5.22. The Morgan fingerprint density at radius 1 is 1.37 bits per heavy atom. The van der Waals surface area contributed by atoms with Gasteiger partial charge in [-0.3, -0.25) is 0 Å². The van der Waals surface area contributed by atoms with Crippen molar-refractivity contribution in [2.75, 3.05) is 0 Å². The van der Waals surface area contributed by atoms with Gasteiger partial charge in [0, 0.05) is 12.3 Å². The average Bonchev–Trinajstić information content (AvgIpc) is 2.82. The van der Waals surface area contributed by atoms with Gasteiger partial charge in [-0.1, -0.05) is 5.21 Å². The summed E-state index contributed by atoms with van der Waals surface area (Å²) < 4.78 is 14.9. The fourth-order valence-electron chi connectivity index (χ4n) is 1.64. The van der Waals surface area contributed by atoms with Crippen molar-refractivity contribution in [3.63, 3.8) is 0 Å². The van der Waals surface area contributed by atoms with Crippen LogP contribution in [0.2, 0.25) is 0 Å². The van der Waals surface area contributed by atoms with E-state index in [2.05, 4.69) is 20.3 Å². The second-order valence-corrected chi connectivity index (χ2v) is 3.68. The lowest BCUT2D eigenvalue weighted by Crippen LogP contribution is -2.07. The number of hydrogen-bond donors (Lipinski definition) is 1. The highest BCUT2D eigenvalue weighted by Crippen LogP contribution is 2.15. The number of halogens is 1. The molecule has 0 bridgehead atoms. The number of fused-ring (bicyclic) bond motifs is 1. The van der Waals surface area contributed by atoms with Gasteiger partial charge in [-0.05, 0) is 12.1 Å². The molecule has 0 saturated carbocycles. The third-order valence-electron chi connectivity index (χ3n) is 2.48. The van der Waals surface area contributed by atoms with E-state index in [1.54, 1.807) is 18.3 Å². The van der Waals surface area contributed by atoms with Crippen LogP contribution in [0.15, 0.2) is 30.6 Å². The molecule has 0 aliphatic heterocycles. The van der Waals surface area contributed by atoms with E-state index in [0.29, 0.717) is 11.2 Å². The van der Waals surface area contributed by atoms with Crippen molar-refractivity contribution in [3.05, 3.63) is 42.1 Å². The molecule has 0 radical (unpaired) electrons. The summed E-state index contributed by atoms with van der Waals surface area (Å²) in [5.41, 5.74) is 0.599. The van der Waals surface area contributed by atoms with Crippen LogP contribution in [-0.4, -0.2) is 36.0 Å². The maximum absolute atomic E-state index is 13.6. The van der Waals surface area contributed by atoms with Gasteiger partial charge >= 0.3 is 5.97 Å². The first kappa shape index (κ1) is 11.2. The molecule has 0 amide bonds. The minimum atomic E-state index is -1.43. The Bertz CT molecular complexity index is 786. The summed E-state index contributed by atoms with van der Waals surface area (Å²) in [5.74, 6) is -2.37. The standard InChI is InChI=1S/C11H6FN5O2/c12-7-4-6(5-14-9(7)11(18)19)17-10-8(15-16-17)2-1-3-13-10/h1-5H,(H,18,19). The van der Waals surface area contributed by atoms with E-state index in [1.165, 1.54) is 10.9 Å². The summed E-state index contributed by atoms with van der Waals surface area (Å²) in [4.78, 5) is 18.3. The van der Waals surface area contributed by atoms with Crippen molar-refractivity contribution in [2.45, 2.75) is 0 Å². The fourth-order valence-corrected chi connectivity index (χ4v) is 1.64. The predicted molar refractivity (Wildman–Crippen MR) is 61.4 cm³/mol. The molecule has 8 heteroatoms. The maximum Gasteiger partial charge on any atom is 0.357 e. The third-order valence-corrected chi connectivity index (χ3v) is 2.48. The molecule has 0 saturated heterocycles. The zero-order valence-corrected chi connectivity index (χ0v) is 9.36. The molecule has 94 valence electrons. The molecule has 19 heavy (non-hydrogen) atoms. The number of rotatable bonds is 2. The summed E-state index contributed by atoms with van der Waals surface area (Å²) >= 11 is 0. The zero-order valence-electron chi connectivity index (χ0n) is 9.36. The van der Waals surface area contributed by atoms with Crippen LogP contribution >= 0.6 is 0 Å². The van der Waals surface area contributed by atoms with Crippen LogP contribution in [0.3, 0.4) is 0 Å². The second kappa shape index (κ2) is 4.09. The number of aromatic nitrogens is 5. The highest BCUT2D eigenvalue weighted by atomic mass is 19.1. The lowest BCUT2D eigenvalue weighted by Gasteiger charge is -2.02. The normalized spacial score (nSPS) is 10.8. The first-order valence-electron chi connectivity index (χ1n) is 5.22. The molecule has 0 fully saturated rings. The van der Waals surface area contributed by atoms with Gasteiger partial charge in [0.25, 0.3) is 0 Å². The van der Waals surface area contributed by atoms with Crippen molar-refractivity contribution in [3.8, 4) is 5.69 Å². The Hall–Kier alpha value is -2.90. The van der Waals surface area contributed by atoms with Crippen molar-refractivity contribution >= 4 is 17.1 Å². The number of carboxylic acid groups (broad SMARTS) is 1. The van der Waals surface area contributed by atoms with E-state index < -0.39 is 17.5 Å². The molecular weight excluding hydrogens is 253 g/mol. The smallest absolute Gasteiger partial charge is 0.357 e. The molecule has 1 N–H and O–H groups in total. The Morgan fingerprint density at radius 3 is 2.95 bits per heavy atom. The van der Waals surface area contributed by atoms with Gasteiger partial charge in [0.05, 0.1) is 11.9 Å². The Morgan fingerprint density at radius 2 is 2.21 bits per heavy atom. The van der Waals surface area contributed by atoms with E-state index in [4.69, 9.17) is 5.11 Å². The van der Waals surface area contributed by atoms with E-state index in [9.17, 15) is 9.18 Å². The van der Waals surface area contributed by atoms with Crippen LogP contribution < -0.4 is 0 Å². The minimum Gasteiger partial charge on any atom is -0.476 e. The molecule has 0 unspecified atom stereocenters. The number of nitrogens with zero attached hydrogens (tertiary/aromatic N) is 5. The second-order valence-electron chi connectivity index (χ2n) is 3.68.